The van der Waals surface area contributed by atoms with E-state index in [0.717, 1.165) is 31.7 Å². The molecule has 1 heterocycles. The predicted molar refractivity (Wildman–Crippen MR) is 94.9 cm³/mol. The zero-order valence-electron chi connectivity index (χ0n) is 14.6. The molecule has 0 amide bonds. The van der Waals surface area contributed by atoms with Gasteiger partial charge in [0, 0.05) is 38.4 Å². The predicted octanol–water partition coefficient (Wildman–Crippen LogP) is 4.64. The van der Waals surface area contributed by atoms with Crippen molar-refractivity contribution in [2.45, 2.75) is 26.6 Å². The van der Waals surface area contributed by atoms with Gasteiger partial charge in [0.15, 0.2) is 0 Å². The summed E-state index contributed by atoms with van der Waals surface area (Å²) in [5.74, 6) is 0. The van der Waals surface area contributed by atoms with Crippen LogP contribution >= 0.6 is 0 Å². The van der Waals surface area contributed by atoms with Gasteiger partial charge in [-0.15, -0.1) is 0 Å². The molecular formula is C20H23F3N2. The van der Waals surface area contributed by atoms with Crippen LogP contribution in [0.5, 0.6) is 0 Å². The Morgan fingerprint density at radius 3 is 2.12 bits per heavy atom. The quantitative estimate of drug-likeness (QED) is 0.797. The van der Waals surface area contributed by atoms with Gasteiger partial charge in [0.05, 0.1) is 5.56 Å². The Morgan fingerprint density at radius 1 is 0.880 bits per heavy atom. The van der Waals surface area contributed by atoms with Gasteiger partial charge in [-0.25, -0.2) is 0 Å². The normalized spacial score (nSPS) is 16.3. The molecule has 1 saturated heterocycles. The van der Waals surface area contributed by atoms with Gasteiger partial charge in [-0.2, -0.15) is 13.2 Å². The van der Waals surface area contributed by atoms with Crippen LogP contribution in [0.3, 0.4) is 0 Å². The first-order valence-electron chi connectivity index (χ1n) is 8.53. The van der Waals surface area contributed by atoms with Crippen LogP contribution in [0, 0.1) is 13.8 Å². The zero-order chi connectivity index (χ0) is 18.0. The maximum atomic E-state index is 12.6. The van der Waals surface area contributed by atoms with E-state index in [-0.39, 0.29) is 0 Å². The Hall–Kier alpha value is -2.01. The summed E-state index contributed by atoms with van der Waals surface area (Å²) in [6.07, 6.45) is -4.27. The Labute approximate surface area is 146 Å². The third kappa shape index (κ3) is 4.34. The van der Waals surface area contributed by atoms with Gasteiger partial charge >= 0.3 is 6.18 Å². The molecule has 0 aliphatic carbocycles. The number of benzene rings is 2. The van der Waals surface area contributed by atoms with Crippen LogP contribution in [-0.4, -0.2) is 31.1 Å². The molecule has 2 aromatic carbocycles. The van der Waals surface area contributed by atoms with Crippen molar-refractivity contribution < 1.29 is 13.2 Å². The molecule has 1 fully saturated rings. The summed E-state index contributed by atoms with van der Waals surface area (Å²) in [7, 11) is 0. The molecule has 0 saturated carbocycles. The topological polar surface area (TPSA) is 6.48 Å². The van der Waals surface area contributed by atoms with Gasteiger partial charge in [0.1, 0.15) is 0 Å². The van der Waals surface area contributed by atoms with Crippen LogP contribution in [0.1, 0.15) is 22.3 Å². The maximum Gasteiger partial charge on any atom is 0.416 e. The lowest BCUT2D eigenvalue weighted by atomic mass is 10.1. The molecule has 3 rings (SSSR count). The van der Waals surface area contributed by atoms with Crippen LogP contribution in [0.4, 0.5) is 18.9 Å². The molecule has 5 heteroatoms. The summed E-state index contributed by atoms with van der Waals surface area (Å²) in [5.41, 5.74) is 4.16. The molecule has 0 radical (unpaired) electrons. The van der Waals surface area contributed by atoms with Crippen LogP contribution < -0.4 is 4.90 Å². The van der Waals surface area contributed by atoms with E-state index in [1.165, 1.54) is 28.9 Å². The van der Waals surface area contributed by atoms with Crippen LogP contribution in [0.15, 0.2) is 42.5 Å². The van der Waals surface area contributed by atoms with Crippen LogP contribution in [-0.2, 0) is 12.7 Å². The molecule has 0 spiro atoms. The molecule has 0 N–H and O–H groups in total. The molecular weight excluding hydrogens is 325 g/mol. The van der Waals surface area contributed by atoms with Gasteiger partial charge < -0.3 is 4.90 Å². The van der Waals surface area contributed by atoms with E-state index in [2.05, 4.69) is 41.8 Å². The van der Waals surface area contributed by atoms with Crippen molar-refractivity contribution in [1.29, 1.82) is 0 Å². The third-order valence-electron chi connectivity index (χ3n) is 4.77. The van der Waals surface area contributed by atoms with Crippen LogP contribution in [0.2, 0.25) is 0 Å². The first-order valence-corrected chi connectivity index (χ1v) is 8.53. The zero-order valence-corrected chi connectivity index (χ0v) is 14.6. The average molecular weight is 348 g/mol. The lowest BCUT2D eigenvalue weighted by Crippen LogP contribution is -2.46. The van der Waals surface area contributed by atoms with Crippen molar-refractivity contribution in [3.8, 4) is 0 Å². The fourth-order valence-corrected chi connectivity index (χ4v) is 3.26. The van der Waals surface area contributed by atoms with Crippen molar-refractivity contribution >= 4 is 5.69 Å². The minimum Gasteiger partial charge on any atom is -0.369 e. The van der Waals surface area contributed by atoms with Crippen LogP contribution in [0.25, 0.3) is 0 Å². The molecule has 0 unspecified atom stereocenters. The van der Waals surface area contributed by atoms with Crippen molar-refractivity contribution in [2.75, 3.05) is 31.1 Å². The number of nitrogens with zero attached hydrogens (tertiary/aromatic N) is 2. The number of halogens is 3. The second-order valence-corrected chi connectivity index (χ2v) is 6.75. The summed E-state index contributed by atoms with van der Waals surface area (Å²) in [4.78, 5) is 4.69. The molecule has 25 heavy (non-hydrogen) atoms. The number of aryl methyl sites for hydroxylation is 2. The Kier molecular flexibility index (Phi) is 5.04. The minimum absolute atomic E-state index is 0.587. The fraction of sp³-hybridized carbons (Fsp3) is 0.400. The molecule has 2 aromatic rings. The van der Waals surface area contributed by atoms with Gasteiger partial charge in [-0.1, -0.05) is 24.3 Å². The molecule has 0 atom stereocenters. The van der Waals surface area contributed by atoms with E-state index < -0.39 is 11.7 Å². The number of hydrogen-bond donors (Lipinski definition) is 0. The van der Waals surface area contributed by atoms with E-state index in [9.17, 15) is 13.2 Å². The first-order chi connectivity index (χ1) is 11.8. The standard InChI is InChI=1S/C20H23F3N2/c1-15-3-4-16(2)19(13-15)25-11-9-24(10-12-25)14-17-5-7-18(8-6-17)20(21,22)23/h3-8,13H,9-12,14H2,1-2H3. The Bertz CT molecular complexity index is 715. The summed E-state index contributed by atoms with van der Waals surface area (Å²) in [6.45, 7) is 8.62. The Balaban J connectivity index is 1.58. The SMILES string of the molecule is Cc1ccc(C)c(N2CCN(Cc3ccc(C(F)(F)F)cc3)CC2)c1. The van der Waals surface area contributed by atoms with Gasteiger partial charge in [-0.3, -0.25) is 4.90 Å². The van der Waals surface area contributed by atoms with E-state index in [1.807, 2.05) is 0 Å². The van der Waals surface area contributed by atoms with Gasteiger partial charge in [-0.05, 0) is 48.7 Å². The highest BCUT2D eigenvalue weighted by molar-refractivity contribution is 5.55. The monoisotopic (exact) mass is 348 g/mol. The number of rotatable bonds is 3. The molecule has 134 valence electrons. The van der Waals surface area contributed by atoms with E-state index in [1.54, 1.807) is 12.1 Å². The average Bonchev–Trinajstić information content (AvgIpc) is 2.58. The fourth-order valence-electron chi connectivity index (χ4n) is 3.26. The summed E-state index contributed by atoms with van der Waals surface area (Å²) in [5, 5.41) is 0. The molecule has 0 bridgehead atoms. The van der Waals surface area contributed by atoms with E-state index in [0.29, 0.717) is 6.54 Å². The number of alkyl halides is 3. The van der Waals surface area contributed by atoms with Gasteiger partial charge in [0.2, 0.25) is 0 Å². The summed E-state index contributed by atoms with van der Waals surface area (Å²) >= 11 is 0. The molecule has 1 aliphatic heterocycles. The number of anilines is 1. The second-order valence-electron chi connectivity index (χ2n) is 6.75. The third-order valence-corrected chi connectivity index (χ3v) is 4.77. The van der Waals surface area contributed by atoms with Crippen molar-refractivity contribution in [3.63, 3.8) is 0 Å². The van der Waals surface area contributed by atoms with E-state index in [4.69, 9.17) is 0 Å². The Morgan fingerprint density at radius 2 is 1.52 bits per heavy atom. The van der Waals surface area contributed by atoms with Crippen molar-refractivity contribution in [2.24, 2.45) is 0 Å². The number of piperazine rings is 1. The summed E-state index contributed by atoms with van der Waals surface area (Å²) < 4.78 is 37.9. The summed E-state index contributed by atoms with van der Waals surface area (Å²) in [6, 6.07) is 12.0. The largest absolute Gasteiger partial charge is 0.416 e. The highest BCUT2D eigenvalue weighted by Crippen LogP contribution is 2.29. The lowest BCUT2D eigenvalue weighted by Gasteiger charge is -2.37. The van der Waals surface area contributed by atoms with Crippen molar-refractivity contribution in [1.82, 2.24) is 4.90 Å². The first kappa shape index (κ1) is 17.8. The smallest absolute Gasteiger partial charge is 0.369 e. The van der Waals surface area contributed by atoms with Crippen molar-refractivity contribution in [3.05, 3.63) is 64.7 Å². The highest BCUT2D eigenvalue weighted by Gasteiger charge is 2.30. The molecule has 2 nitrogen and oxygen atoms in total. The second kappa shape index (κ2) is 7.08. The minimum atomic E-state index is -4.27. The lowest BCUT2D eigenvalue weighted by molar-refractivity contribution is -0.137. The molecule has 0 aromatic heterocycles. The maximum absolute atomic E-state index is 12.6. The highest BCUT2D eigenvalue weighted by atomic mass is 19.4. The number of hydrogen-bond acceptors (Lipinski definition) is 2. The van der Waals surface area contributed by atoms with Gasteiger partial charge in [0.25, 0.3) is 0 Å². The molecule has 1 aliphatic rings. The van der Waals surface area contributed by atoms with E-state index >= 15 is 0 Å².